The first-order valence-electron chi connectivity index (χ1n) is 7.06. The molecule has 4 heteroatoms. The molecule has 1 aliphatic rings. The van der Waals surface area contributed by atoms with Crippen LogP contribution in [0.2, 0.25) is 0 Å². The molecule has 2 heterocycles. The van der Waals surface area contributed by atoms with E-state index in [0.717, 1.165) is 31.0 Å². The van der Waals surface area contributed by atoms with Gasteiger partial charge in [-0.25, -0.2) is 0 Å². The van der Waals surface area contributed by atoms with Crippen LogP contribution in [0, 0.1) is 0 Å². The summed E-state index contributed by atoms with van der Waals surface area (Å²) in [6.07, 6.45) is 1.40. The van der Waals surface area contributed by atoms with Crippen LogP contribution >= 0.6 is 0 Å². The number of nitrogens with one attached hydrogen (secondary N) is 1. The minimum absolute atomic E-state index is 0.298. The summed E-state index contributed by atoms with van der Waals surface area (Å²) in [5.74, 6) is 0.897. The normalized spacial score (nSPS) is 20.8. The monoisotopic (exact) mass is 272 g/mol. The zero-order chi connectivity index (χ0) is 13.8. The Labute approximate surface area is 119 Å². The van der Waals surface area contributed by atoms with Crippen LogP contribution < -0.4 is 5.32 Å². The molecule has 0 spiro atoms. The van der Waals surface area contributed by atoms with Gasteiger partial charge in [-0.15, -0.1) is 0 Å². The van der Waals surface area contributed by atoms with Gasteiger partial charge >= 0.3 is 0 Å². The molecule has 3 rings (SSSR count). The SMILES string of the molecule is OC1CNCCN(Cc2ccccc2-c2ccco2)C1. The zero-order valence-corrected chi connectivity index (χ0v) is 11.5. The molecule has 1 aliphatic heterocycles. The maximum absolute atomic E-state index is 9.87. The van der Waals surface area contributed by atoms with Crippen molar-refractivity contribution in [2.24, 2.45) is 0 Å². The summed E-state index contributed by atoms with van der Waals surface area (Å²) in [7, 11) is 0. The number of aliphatic hydroxyl groups is 1. The van der Waals surface area contributed by atoms with Gasteiger partial charge in [0, 0.05) is 38.3 Å². The first-order chi connectivity index (χ1) is 9.83. The molecule has 1 atom stereocenters. The molecule has 0 bridgehead atoms. The van der Waals surface area contributed by atoms with Crippen LogP contribution in [0.15, 0.2) is 47.1 Å². The van der Waals surface area contributed by atoms with E-state index in [9.17, 15) is 5.11 Å². The van der Waals surface area contributed by atoms with Gasteiger partial charge in [0.15, 0.2) is 0 Å². The smallest absolute Gasteiger partial charge is 0.134 e. The number of furan rings is 1. The predicted molar refractivity (Wildman–Crippen MR) is 78.3 cm³/mol. The molecule has 1 fully saturated rings. The number of β-amino-alcohol motifs (C(OH)–C–C–N with tert-alkyl or cyclic N) is 1. The van der Waals surface area contributed by atoms with Crippen molar-refractivity contribution in [1.29, 1.82) is 0 Å². The lowest BCUT2D eigenvalue weighted by Crippen LogP contribution is -2.32. The Balaban J connectivity index is 1.80. The maximum Gasteiger partial charge on any atom is 0.134 e. The number of aliphatic hydroxyl groups excluding tert-OH is 1. The molecule has 0 saturated carbocycles. The highest BCUT2D eigenvalue weighted by Gasteiger charge is 2.17. The van der Waals surface area contributed by atoms with Crippen molar-refractivity contribution >= 4 is 0 Å². The highest BCUT2D eigenvalue weighted by Crippen LogP contribution is 2.25. The maximum atomic E-state index is 9.87. The lowest BCUT2D eigenvalue weighted by molar-refractivity contribution is 0.127. The number of nitrogens with zero attached hydrogens (tertiary/aromatic N) is 1. The van der Waals surface area contributed by atoms with Crippen molar-refractivity contribution in [2.45, 2.75) is 12.6 Å². The van der Waals surface area contributed by atoms with Gasteiger partial charge in [-0.1, -0.05) is 24.3 Å². The van der Waals surface area contributed by atoms with E-state index >= 15 is 0 Å². The minimum atomic E-state index is -0.298. The first kappa shape index (κ1) is 13.4. The van der Waals surface area contributed by atoms with Crippen molar-refractivity contribution in [2.75, 3.05) is 26.2 Å². The highest BCUT2D eigenvalue weighted by atomic mass is 16.3. The van der Waals surface area contributed by atoms with Gasteiger partial charge in [0.2, 0.25) is 0 Å². The van der Waals surface area contributed by atoms with Crippen molar-refractivity contribution in [3.05, 3.63) is 48.2 Å². The van der Waals surface area contributed by atoms with Crippen LogP contribution in [0.5, 0.6) is 0 Å². The van der Waals surface area contributed by atoms with E-state index in [1.807, 2.05) is 24.3 Å². The van der Waals surface area contributed by atoms with Gasteiger partial charge in [-0.05, 0) is 17.7 Å². The van der Waals surface area contributed by atoms with Crippen LogP contribution in [-0.2, 0) is 6.54 Å². The van der Waals surface area contributed by atoms with E-state index in [1.165, 1.54) is 5.56 Å². The number of benzene rings is 1. The molecule has 2 aromatic rings. The van der Waals surface area contributed by atoms with Crippen LogP contribution in [0.25, 0.3) is 11.3 Å². The van der Waals surface area contributed by atoms with E-state index in [1.54, 1.807) is 6.26 Å². The summed E-state index contributed by atoms with van der Waals surface area (Å²) in [5, 5.41) is 13.1. The summed E-state index contributed by atoms with van der Waals surface area (Å²) < 4.78 is 5.51. The van der Waals surface area contributed by atoms with E-state index in [0.29, 0.717) is 13.1 Å². The van der Waals surface area contributed by atoms with Crippen molar-refractivity contribution < 1.29 is 9.52 Å². The average molecular weight is 272 g/mol. The average Bonchev–Trinajstić information content (AvgIpc) is 2.90. The lowest BCUT2D eigenvalue weighted by Gasteiger charge is -2.22. The van der Waals surface area contributed by atoms with Crippen molar-refractivity contribution in [3.8, 4) is 11.3 Å². The molecule has 1 unspecified atom stereocenters. The third-order valence-electron chi connectivity index (χ3n) is 3.65. The molecule has 0 aliphatic carbocycles. The van der Waals surface area contributed by atoms with Crippen LogP contribution in [0.1, 0.15) is 5.56 Å². The van der Waals surface area contributed by atoms with Crippen LogP contribution in [0.4, 0.5) is 0 Å². The fourth-order valence-corrected chi connectivity index (χ4v) is 2.67. The second-order valence-electron chi connectivity index (χ2n) is 5.23. The Kier molecular flexibility index (Phi) is 4.16. The molecular formula is C16H20N2O2. The van der Waals surface area contributed by atoms with E-state index in [-0.39, 0.29) is 6.10 Å². The predicted octanol–water partition coefficient (Wildman–Crippen LogP) is 1.71. The number of hydrogen-bond acceptors (Lipinski definition) is 4. The molecular weight excluding hydrogens is 252 g/mol. The second-order valence-corrected chi connectivity index (χ2v) is 5.23. The molecule has 20 heavy (non-hydrogen) atoms. The third-order valence-corrected chi connectivity index (χ3v) is 3.65. The molecule has 0 radical (unpaired) electrons. The van der Waals surface area contributed by atoms with E-state index in [4.69, 9.17) is 4.42 Å². The summed E-state index contributed by atoms with van der Waals surface area (Å²) in [6.45, 7) is 4.08. The van der Waals surface area contributed by atoms with Gasteiger partial charge in [0.25, 0.3) is 0 Å². The lowest BCUT2D eigenvalue weighted by atomic mass is 10.0. The zero-order valence-electron chi connectivity index (χ0n) is 11.5. The molecule has 1 aromatic carbocycles. The summed E-state index contributed by atoms with van der Waals surface area (Å²) >= 11 is 0. The standard InChI is InChI=1S/C16H20N2O2/c19-14-10-17-7-8-18(12-14)11-13-4-1-2-5-15(13)16-6-3-9-20-16/h1-6,9,14,17,19H,7-8,10-12H2. The Hall–Kier alpha value is -1.62. The highest BCUT2D eigenvalue weighted by molar-refractivity contribution is 5.61. The molecule has 0 amide bonds. The number of rotatable bonds is 3. The topological polar surface area (TPSA) is 48.6 Å². The molecule has 2 N–H and O–H groups in total. The van der Waals surface area contributed by atoms with E-state index in [2.05, 4.69) is 22.3 Å². The van der Waals surface area contributed by atoms with Crippen LogP contribution in [0.3, 0.4) is 0 Å². The van der Waals surface area contributed by atoms with Gasteiger partial charge in [-0.2, -0.15) is 0 Å². The van der Waals surface area contributed by atoms with Crippen molar-refractivity contribution in [3.63, 3.8) is 0 Å². The molecule has 1 saturated heterocycles. The Morgan fingerprint density at radius 1 is 1.25 bits per heavy atom. The van der Waals surface area contributed by atoms with Gasteiger partial charge < -0.3 is 14.8 Å². The largest absolute Gasteiger partial charge is 0.464 e. The summed E-state index contributed by atoms with van der Waals surface area (Å²) in [4.78, 5) is 2.28. The molecule has 4 nitrogen and oxygen atoms in total. The fourth-order valence-electron chi connectivity index (χ4n) is 2.67. The van der Waals surface area contributed by atoms with Gasteiger partial charge in [0.1, 0.15) is 5.76 Å². The third kappa shape index (κ3) is 3.10. The summed E-state index contributed by atoms with van der Waals surface area (Å²) in [5.41, 5.74) is 2.36. The molecule has 106 valence electrons. The van der Waals surface area contributed by atoms with Crippen molar-refractivity contribution in [1.82, 2.24) is 10.2 Å². The quantitative estimate of drug-likeness (QED) is 0.893. The Bertz CT molecular complexity index is 539. The Morgan fingerprint density at radius 3 is 3.00 bits per heavy atom. The van der Waals surface area contributed by atoms with Gasteiger partial charge in [0.05, 0.1) is 12.4 Å². The first-order valence-corrected chi connectivity index (χ1v) is 7.06. The van der Waals surface area contributed by atoms with E-state index < -0.39 is 0 Å². The van der Waals surface area contributed by atoms with Gasteiger partial charge in [-0.3, -0.25) is 4.90 Å². The Morgan fingerprint density at radius 2 is 2.15 bits per heavy atom. The minimum Gasteiger partial charge on any atom is -0.464 e. The number of hydrogen-bond donors (Lipinski definition) is 2. The van der Waals surface area contributed by atoms with Crippen LogP contribution in [-0.4, -0.2) is 42.3 Å². The second kappa shape index (κ2) is 6.22. The summed E-state index contributed by atoms with van der Waals surface area (Å²) in [6, 6.07) is 12.2. The fraction of sp³-hybridized carbons (Fsp3) is 0.375. The molecule has 1 aromatic heterocycles.